The molecule has 0 unspecified atom stereocenters. The van der Waals surface area contributed by atoms with Crippen LogP contribution in [0.5, 0.6) is 0 Å². The first-order chi connectivity index (χ1) is 11.1. The summed E-state index contributed by atoms with van der Waals surface area (Å²) in [5, 5.41) is 3.84. The van der Waals surface area contributed by atoms with Crippen LogP contribution in [0.15, 0.2) is 48.5 Å². The third kappa shape index (κ3) is 2.93. The highest BCUT2D eigenvalue weighted by Gasteiger charge is 2.21. The minimum absolute atomic E-state index is 0.305. The van der Waals surface area contributed by atoms with Gasteiger partial charge < -0.3 is 10.1 Å². The monoisotopic (exact) mass is 329 g/mol. The first-order valence-corrected chi connectivity index (χ1v) is 7.58. The molecule has 0 atom stereocenters. The van der Waals surface area contributed by atoms with Gasteiger partial charge in [-0.2, -0.15) is 0 Å². The molecule has 1 N–H and O–H groups in total. The SMILES string of the molecule is COC(=O)c1c(NC(=O)c2ccc(F)cc2)sc2ccccc12. The van der Waals surface area contributed by atoms with Crippen LogP contribution in [0, 0.1) is 5.82 Å². The van der Waals surface area contributed by atoms with E-state index in [-0.39, 0.29) is 0 Å². The number of carbonyl (C=O) groups excluding carboxylic acids is 2. The molecule has 0 fully saturated rings. The summed E-state index contributed by atoms with van der Waals surface area (Å²) in [6.07, 6.45) is 0. The van der Waals surface area contributed by atoms with Gasteiger partial charge in [0.15, 0.2) is 0 Å². The molecule has 23 heavy (non-hydrogen) atoms. The van der Waals surface area contributed by atoms with E-state index in [1.807, 2.05) is 18.2 Å². The first kappa shape index (κ1) is 15.2. The first-order valence-electron chi connectivity index (χ1n) is 6.77. The van der Waals surface area contributed by atoms with Crippen LogP contribution in [-0.4, -0.2) is 19.0 Å². The van der Waals surface area contributed by atoms with Gasteiger partial charge in [-0.05, 0) is 30.3 Å². The Hall–Kier alpha value is -2.73. The van der Waals surface area contributed by atoms with Crippen molar-refractivity contribution >= 4 is 38.3 Å². The van der Waals surface area contributed by atoms with Gasteiger partial charge >= 0.3 is 5.97 Å². The number of hydrogen-bond donors (Lipinski definition) is 1. The van der Waals surface area contributed by atoms with E-state index in [0.717, 1.165) is 10.1 Å². The minimum atomic E-state index is -0.517. The molecule has 0 bridgehead atoms. The number of ether oxygens (including phenoxy) is 1. The van der Waals surface area contributed by atoms with E-state index in [9.17, 15) is 14.0 Å². The Labute approximate surface area is 135 Å². The lowest BCUT2D eigenvalue weighted by Crippen LogP contribution is -2.13. The Morgan fingerprint density at radius 3 is 2.48 bits per heavy atom. The van der Waals surface area contributed by atoms with Gasteiger partial charge in [0.1, 0.15) is 16.4 Å². The maximum atomic E-state index is 12.9. The molecule has 6 heteroatoms. The second-order valence-corrected chi connectivity index (χ2v) is 5.81. The number of amides is 1. The Bertz CT molecular complexity index is 886. The van der Waals surface area contributed by atoms with Gasteiger partial charge in [0.2, 0.25) is 0 Å². The lowest BCUT2D eigenvalue weighted by Gasteiger charge is -2.05. The normalized spacial score (nSPS) is 10.5. The van der Waals surface area contributed by atoms with E-state index in [4.69, 9.17) is 4.74 Å². The van der Waals surface area contributed by atoms with Crippen LogP contribution < -0.4 is 5.32 Å². The number of benzene rings is 2. The van der Waals surface area contributed by atoms with Gasteiger partial charge in [0.05, 0.1) is 7.11 Å². The molecule has 4 nitrogen and oxygen atoms in total. The molecule has 1 aromatic heterocycles. The highest BCUT2D eigenvalue weighted by atomic mass is 32.1. The molecule has 0 spiro atoms. The van der Waals surface area contributed by atoms with Crippen molar-refractivity contribution in [3.8, 4) is 0 Å². The number of hydrogen-bond acceptors (Lipinski definition) is 4. The predicted molar refractivity (Wildman–Crippen MR) is 87.5 cm³/mol. The zero-order valence-corrected chi connectivity index (χ0v) is 12.9. The summed E-state index contributed by atoms with van der Waals surface area (Å²) in [6.45, 7) is 0. The molecule has 0 radical (unpaired) electrons. The quantitative estimate of drug-likeness (QED) is 0.737. The number of fused-ring (bicyclic) bond motifs is 1. The number of esters is 1. The number of methoxy groups -OCH3 is 1. The van der Waals surface area contributed by atoms with E-state index in [2.05, 4.69) is 5.32 Å². The van der Waals surface area contributed by atoms with Crippen molar-refractivity contribution in [1.29, 1.82) is 0 Å². The molecular formula is C17H12FNO3S. The fraction of sp³-hybridized carbons (Fsp3) is 0.0588. The summed E-state index contributed by atoms with van der Waals surface area (Å²) in [4.78, 5) is 24.3. The number of rotatable bonds is 3. The zero-order chi connectivity index (χ0) is 16.4. The van der Waals surface area contributed by atoms with Crippen LogP contribution >= 0.6 is 11.3 Å². The van der Waals surface area contributed by atoms with Crippen LogP contribution in [0.3, 0.4) is 0 Å². The van der Waals surface area contributed by atoms with Crippen LogP contribution in [0.25, 0.3) is 10.1 Å². The summed E-state index contributed by atoms with van der Waals surface area (Å²) in [7, 11) is 1.29. The molecular weight excluding hydrogens is 317 g/mol. The molecule has 0 saturated heterocycles. The fourth-order valence-corrected chi connectivity index (χ4v) is 3.30. The second-order valence-electron chi connectivity index (χ2n) is 4.75. The van der Waals surface area contributed by atoms with Crippen molar-refractivity contribution in [3.05, 3.63) is 65.5 Å². The maximum Gasteiger partial charge on any atom is 0.341 e. The molecule has 1 amide bonds. The van der Waals surface area contributed by atoms with Gasteiger partial charge in [-0.1, -0.05) is 18.2 Å². The molecule has 2 aromatic carbocycles. The zero-order valence-electron chi connectivity index (χ0n) is 12.1. The summed E-state index contributed by atoms with van der Waals surface area (Å²) < 4.78 is 18.6. The van der Waals surface area contributed by atoms with Crippen LogP contribution in [0.4, 0.5) is 9.39 Å². The number of thiophene rings is 1. The highest BCUT2D eigenvalue weighted by Crippen LogP contribution is 2.36. The summed E-state index contributed by atoms with van der Waals surface area (Å²) in [5.74, 6) is -1.35. The van der Waals surface area contributed by atoms with Gasteiger partial charge in [-0.25, -0.2) is 9.18 Å². The van der Waals surface area contributed by atoms with Crippen molar-refractivity contribution in [2.24, 2.45) is 0 Å². The molecule has 0 aliphatic heterocycles. The highest BCUT2D eigenvalue weighted by molar-refractivity contribution is 7.23. The molecule has 0 saturated carbocycles. The van der Waals surface area contributed by atoms with Crippen LogP contribution in [0.1, 0.15) is 20.7 Å². The van der Waals surface area contributed by atoms with Gasteiger partial charge in [0, 0.05) is 15.6 Å². The summed E-state index contributed by atoms with van der Waals surface area (Å²) in [5.41, 5.74) is 0.628. The maximum absolute atomic E-state index is 12.9. The molecule has 3 rings (SSSR count). The topological polar surface area (TPSA) is 55.4 Å². The lowest BCUT2D eigenvalue weighted by molar-refractivity contribution is 0.0604. The molecule has 0 aliphatic rings. The Balaban J connectivity index is 2.00. The standard InChI is InChI=1S/C17H12FNO3S/c1-22-17(21)14-12-4-2-3-5-13(12)23-16(14)19-15(20)10-6-8-11(18)9-7-10/h2-9H,1H3,(H,19,20). The Kier molecular flexibility index (Phi) is 4.08. The largest absolute Gasteiger partial charge is 0.465 e. The lowest BCUT2D eigenvalue weighted by atomic mass is 10.1. The van der Waals surface area contributed by atoms with Crippen molar-refractivity contribution in [2.75, 3.05) is 12.4 Å². The summed E-state index contributed by atoms with van der Waals surface area (Å²) >= 11 is 1.29. The van der Waals surface area contributed by atoms with Crippen LogP contribution in [0.2, 0.25) is 0 Å². The van der Waals surface area contributed by atoms with E-state index >= 15 is 0 Å². The molecule has 3 aromatic rings. The average Bonchev–Trinajstić information content (AvgIpc) is 2.92. The third-order valence-corrected chi connectivity index (χ3v) is 4.40. The van der Waals surface area contributed by atoms with Gasteiger partial charge in [-0.3, -0.25) is 4.79 Å². The van der Waals surface area contributed by atoms with E-state index < -0.39 is 17.7 Å². The van der Waals surface area contributed by atoms with Gasteiger partial charge in [0.25, 0.3) is 5.91 Å². The van der Waals surface area contributed by atoms with E-state index in [1.165, 1.54) is 42.7 Å². The molecule has 116 valence electrons. The van der Waals surface area contributed by atoms with Gasteiger partial charge in [-0.15, -0.1) is 11.3 Å². The smallest absolute Gasteiger partial charge is 0.341 e. The molecule has 1 heterocycles. The van der Waals surface area contributed by atoms with Crippen LogP contribution in [-0.2, 0) is 4.74 Å². The van der Waals surface area contributed by atoms with Crippen molar-refractivity contribution in [1.82, 2.24) is 0 Å². The third-order valence-electron chi connectivity index (χ3n) is 3.32. The predicted octanol–water partition coefficient (Wildman–Crippen LogP) is 4.08. The number of nitrogens with one attached hydrogen (secondary N) is 1. The fourth-order valence-electron chi connectivity index (χ4n) is 2.21. The molecule has 0 aliphatic carbocycles. The number of carbonyl (C=O) groups is 2. The van der Waals surface area contributed by atoms with E-state index in [1.54, 1.807) is 6.07 Å². The number of halogens is 1. The Morgan fingerprint density at radius 2 is 1.78 bits per heavy atom. The van der Waals surface area contributed by atoms with E-state index in [0.29, 0.717) is 16.1 Å². The average molecular weight is 329 g/mol. The van der Waals surface area contributed by atoms with Crippen molar-refractivity contribution < 1.29 is 18.7 Å². The summed E-state index contributed by atoms with van der Waals surface area (Å²) in [6, 6.07) is 12.5. The Morgan fingerprint density at radius 1 is 1.09 bits per heavy atom. The van der Waals surface area contributed by atoms with Crippen molar-refractivity contribution in [2.45, 2.75) is 0 Å². The second kappa shape index (κ2) is 6.18. The van der Waals surface area contributed by atoms with Crippen molar-refractivity contribution in [3.63, 3.8) is 0 Å². The number of anilines is 1. The minimum Gasteiger partial charge on any atom is -0.465 e.